The van der Waals surface area contributed by atoms with Crippen LogP contribution in [0.3, 0.4) is 0 Å². The van der Waals surface area contributed by atoms with Crippen LogP contribution in [0.5, 0.6) is 0 Å². The fourth-order valence-corrected chi connectivity index (χ4v) is 2.57. The van der Waals surface area contributed by atoms with Crippen molar-refractivity contribution < 1.29 is 24.6 Å². The molecule has 0 saturated carbocycles. The Morgan fingerprint density at radius 1 is 1.08 bits per heavy atom. The lowest BCUT2D eigenvalue weighted by Crippen LogP contribution is -2.45. The van der Waals surface area contributed by atoms with Crippen LogP contribution in [0.1, 0.15) is 37.9 Å². The van der Waals surface area contributed by atoms with Gasteiger partial charge in [-0.25, -0.2) is 0 Å². The molecule has 1 heterocycles. The molecule has 1 aromatic carbocycles. The molecule has 0 spiro atoms. The van der Waals surface area contributed by atoms with E-state index in [1.807, 2.05) is 0 Å². The van der Waals surface area contributed by atoms with Crippen molar-refractivity contribution in [2.75, 3.05) is 11.9 Å². The van der Waals surface area contributed by atoms with Crippen molar-refractivity contribution in [1.82, 2.24) is 10.6 Å². The second-order valence-electron chi connectivity index (χ2n) is 6.05. The number of fused-ring (bicyclic) bond motifs is 1. The van der Waals surface area contributed by atoms with Gasteiger partial charge < -0.3 is 26.2 Å². The van der Waals surface area contributed by atoms with E-state index in [9.17, 15) is 24.6 Å². The summed E-state index contributed by atoms with van der Waals surface area (Å²) in [5.41, 5.74) is 0.741. The van der Waals surface area contributed by atoms with Crippen LogP contribution in [0, 0.1) is 0 Å². The molecule has 8 nitrogen and oxygen atoms in total. The van der Waals surface area contributed by atoms with Gasteiger partial charge >= 0.3 is 0 Å². The third kappa shape index (κ3) is 5.27. The lowest BCUT2D eigenvalue weighted by atomic mass is 9.98. The predicted octanol–water partition coefficient (Wildman–Crippen LogP) is -0.176. The number of amides is 3. The molecule has 0 aromatic heterocycles. The van der Waals surface area contributed by atoms with E-state index in [-0.39, 0.29) is 25.3 Å². The molecule has 8 heteroatoms. The Morgan fingerprint density at radius 3 is 2.56 bits per heavy atom. The van der Waals surface area contributed by atoms with Gasteiger partial charge in [0.2, 0.25) is 17.7 Å². The molecule has 2 rings (SSSR count). The lowest BCUT2D eigenvalue weighted by Gasteiger charge is -2.21. The van der Waals surface area contributed by atoms with Crippen molar-refractivity contribution in [2.24, 2.45) is 0 Å². The summed E-state index contributed by atoms with van der Waals surface area (Å²) in [4.78, 5) is 35.7. The van der Waals surface area contributed by atoms with Gasteiger partial charge in [-0.05, 0) is 25.8 Å². The smallest absolute Gasteiger partial charge is 0.246 e. The SMILES string of the molecule is C[C@H]1NC(=O)CNC(=O)CCCC(O)C(O)c2ccccc2NC1=O. The molecular formula is C17H23N3O5. The maximum absolute atomic E-state index is 12.3. The molecule has 0 bridgehead atoms. The van der Waals surface area contributed by atoms with Gasteiger partial charge in [0, 0.05) is 17.7 Å². The van der Waals surface area contributed by atoms with Crippen LogP contribution in [0.2, 0.25) is 0 Å². The Labute approximate surface area is 145 Å². The fraction of sp³-hybridized carbons (Fsp3) is 0.471. The van der Waals surface area contributed by atoms with Crippen LogP contribution in [0.15, 0.2) is 24.3 Å². The van der Waals surface area contributed by atoms with Gasteiger partial charge in [0.1, 0.15) is 12.1 Å². The zero-order valence-electron chi connectivity index (χ0n) is 14.0. The summed E-state index contributed by atoms with van der Waals surface area (Å²) in [6.07, 6.45) is -1.58. The maximum atomic E-state index is 12.3. The average molecular weight is 349 g/mol. The first-order valence-corrected chi connectivity index (χ1v) is 8.20. The number of aliphatic hydroxyl groups is 2. The first-order chi connectivity index (χ1) is 11.9. The standard InChI is InChI=1S/C17H23N3O5/c1-10-17(25)20-12-6-3-2-5-11(12)16(24)13(21)7-4-8-14(22)18-9-15(23)19-10/h2-3,5-6,10,13,16,21,24H,4,7-9H2,1H3,(H,18,22)(H,19,23)(H,20,25)/t10-,13?,16?/m1/s1. The second-order valence-corrected chi connectivity index (χ2v) is 6.05. The van der Waals surface area contributed by atoms with Gasteiger partial charge in [-0.1, -0.05) is 18.2 Å². The van der Waals surface area contributed by atoms with Crippen molar-refractivity contribution in [1.29, 1.82) is 0 Å². The maximum Gasteiger partial charge on any atom is 0.246 e. The summed E-state index contributed by atoms with van der Waals surface area (Å²) in [6, 6.07) is 5.77. The van der Waals surface area contributed by atoms with E-state index in [0.717, 1.165) is 0 Å². The Bertz CT molecular complexity index is 649. The number of aliphatic hydroxyl groups excluding tert-OH is 2. The van der Waals surface area contributed by atoms with E-state index >= 15 is 0 Å². The molecule has 136 valence electrons. The summed E-state index contributed by atoms with van der Waals surface area (Å²) in [6.45, 7) is 1.29. The molecule has 1 aliphatic rings. The molecule has 3 amide bonds. The molecule has 3 atom stereocenters. The zero-order chi connectivity index (χ0) is 18.4. The molecule has 0 fully saturated rings. The summed E-state index contributed by atoms with van der Waals surface area (Å²) >= 11 is 0. The number of hydrogen-bond acceptors (Lipinski definition) is 5. The first kappa shape index (κ1) is 18.9. The largest absolute Gasteiger partial charge is 0.390 e. The molecule has 0 radical (unpaired) electrons. The summed E-state index contributed by atoms with van der Waals surface area (Å²) in [5, 5.41) is 28.2. The highest BCUT2D eigenvalue weighted by Crippen LogP contribution is 2.27. The predicted molar refractivity (Wildman–Crippen MR) is 90.5 cm³/mol. The third-order valence-electron chi connectivity index (χ3n) is 4.02. The number of carbonyl (C=O) groups excluding carboxylic acids is 3. The average Bonchev–Trinajstić information content (AvgIpc) is 2.59. The highest BCUT2D eigenvalue weighted by Gasteiger charge is 2.24. The number of para-hydroxylation sites is 1. The highest BCUT2D eigenvalue weighted by molar-refractivity contribution is 5.98. The summed E-state index contributed by atoms with van der Waals surface area (Å²) in [7, 11) is 0. The van der Waals surface area contributed by atoms with Crippen LogP contribution in [-0.2, 0) is 14.4 Å². The minimum absolute atomic E-state index is 0.130. The normalized spacial score (nSPS) is 26.4. The molecule has 25 heavy (non-hydrogen) atoms. The molecule has 1 aliphatic heterocycles. The Morgan fingerprint density at radius 2 is 1.80 bits per heavy atom. The van der Waals surface area contributed by atoms with Crippen LogP contribution in [0.25, 0.3) is 0 Å². The lowest BCUT2D eigenvalue weighted by molar-refractivity contribution is -0.128. The second kappa shape index (κ2) is 8.59. The fourth-order valence-electron chi connectivity index (χ4n) is 2.57. The van der Waals surface area contributed by atoms with E-state index in [1.54, 1.807) is 24.3 Å². The molecule has 0 aliphatic carbocycles. The van der Waals surface area contributed by atoms with Crippen molar-refractivity contribution in [3.63, 3.8) is 0 Å². The van der Waals surface area contributed by atoms with E-state index in [4.69, 9.17) is 0 Å². The Balaban J connectivity index is 2.25. The third-order valence-corrected chi connectivity index (χ3v) is 4.02. The number of carbonyl (C=O) groups is 3. The number of rotatable bonds is 0. The number of anilines is 1. The van der Waals surface area contributed by atoms with Gasteiger partial charge in [-0.3, -0.25) is 14.4 Å². The minimum Gasteiger partial charge on any atom is -0.390 e. The van der Waals surface area contributed by atoms with Crippen LogP contribution >= 0.6 is 0 Å². The van der Waals surface area contributed by atoms with Gasteiger partial charge in [-0.15, -0.1) is 0 Å². The number of hydrogen-bond donors (Lipinski definition) is 5. The quantitative estimate of drug-likeness (QED) is 0.444. The van der Waals surface area contributed by atoms with Crippen molar-refractivity contribution in [2.45, 2.75) is 44.4 Å². The van der Waals surface area contributed by atoms with Crippen LogP contribution in [0.4, 0.5) is 5.69 Å². The minimum atomic E-state index is -1.20. The van der Waals surface area contributed by atoms with E-state index in [2.05, 4.69) is 16.0 Å². The van der Waals surface area contributed by atoms with E-state index in [1.165, 1.54) is 6.92 Å². The zero-order valence-corrected chi connectivity index (χ0v) is 14.0. The van der Waals surface area contributed by atoms with Crippen LogP contribution in [-0.4, -0.2) is 46.6 Å². The monoisotopic (exact) mass is 349 g/mol. The Kier molecular flexibility index (Phi) is 6.49. The van der Waals surface area contributed by atoms with Crippen molar-refractivity contribution in [3.05, 3.63) is 29.8 Å². The van der Waals surface area contributed by atoms with Crippen molar-refractivity contribution >= 4 is 23.4 Å². The van der Waals surface area contributed by atoms with E-state index < -0.39 is 30.1 Å². The molecular weight excluding hydrogens is 326 g/mol. The highest BCUT2D eigenvalue weighted by atomic mass is 16.3. The molecule has 5 N–H and O–H groups in total. The van der Waals surface area contributed by atoms with Gasteiger partial charge in [0.25, 0.3) is 0 Å². The Hall–Kier alpha value is -2.45. The topological polar surface area (TPSA) is 128 Å². The molecule has 1 aromatic rings. The van der Waals surface area contributed by atoms with Crippen molar-refractivity contribution in [3.8, 4) is 0 Å². The first-order valence-electron chi connectivity index (χ1n) is 8.20. The summed E-state index contributed by atoms with van der Waals surface area (Å²) in [5.74, 6) is -1.27. The van der Waals surface area contributed by atoms with Crippen LogP contribution < -0.4 is 16.0 Å². The van der Waals surface area contributed by atoms with E-state index in [0.29, 0.717) is 17.7 Å². The van der Waals surface area contributed by atoms with Gasteiger partial charge in [0.15, 0.2) is 0 Å². The summed E-state index contributed by atoms with van der Waals surface area (Å²) < 4.78 is 0. The van der Waals surface area contributed by atoms with Gasteiger partial charge in [0.05, 0.1) is 12.6 Å². The van der Waals surface area contributed by atoms with Gasteiger partial charge in [-0.2, -0.15) is 0 Å². The molecule has 2 unspecified atom stereocenters. The molecule has 0 saturated heterocycles. The number of nitrogens with one attached hydrogen (secondary N) is 3. The number of benzene rings is 1.